The third kappa shape index (κ3) is 2.55. The van der Waals surface area contributed by atoms with Crippen LogP contribution in [0.1, 0.15) is 25.8 Å². The van der Waals surface area contributed by atoms with E-state index < -0.39 is 10.0 Å². The Labute approximate surface area is 120 Å². The summed E-state index contributed by atoms with van der Waals surface area (Å²) in [6.07, 6.45) is 0.362. The molecule has 112 valence electrons. The summed E-state index contributed by atoms with van der Waals surface area (Å²) < 4.78 is 26.2. The normalized spacial score (nSPS) is 25.1. The zero-order chi connectivity index (χ0) is 15.1. The van der Waals surface area contributed by atoms with Crippen LogP contribution >= 0.6 is 0 Å². The van der Waals surface area contributed by atoms with Crippen molar-refractivity contribution in [3.8, 4) is 0 Å². The molecule has 1 saturated carbocycles. The Morgan fingerprint density at radius 2 is 2.00 bits per heavy atom. The maximum atomic E-state index is 11.9. The van der Waals surface area contributed by atoms with E-state index in [2.05, 4.69) is 10.0 Å². The van der Waals surface area contributed by atoms with Crippen LogP contribution < -0.4 is 10.0 Å². The van der Waals surface area contributed by atoms with Crippen LogP contribution in [0, 0.1) is 12.3 Å². The van der Waals surface area contributed by atoms with Crippen molar-refractivity contribution >= 4 is 15.7 Å². The summed E-state index contributed by atoms with van der Waals surface area (Å²) in [5, 5.41) is 13.1. The molecule has 0 amide bonds. The average Bonchev–Trinajstić information content (AvgIpc) is 2.40. The zero-order valence-electron chi connectivity index (χ0n) is 12.3. The van der Waals surface area contributed by atoms with E-state index in [9.17, 15) is 13.5 Å². The molecule has 1 aromatic carbocycles. The van der Waals surface area contributed by atoms with Crippen molar-refractivity contribution in [2.24, 2.45) is 5.41 Å². The van der Waals surface area contributed by atoms with E-state index in [-0.39, 0.29) is 22.5 Å². The molecule has 0 aliphatic heterocycles. The average molecular weight is 298 g/mol. The van der Waals surface area contributed by atoms with E-state index in [4.69, 9.17) is 0 Å². The van der Waals surface area contributed by atoms with Crippen LogP contribution in [-0.2, 0) is 10.0 Å². The molecule has 0 bridgehead atoms. The van der Waals surface area contributed by atoms with Gasteiger partial charge in [-0.25, -0.2) is 13.1 Å². The Hall–Kier alpha value is -1.11. The van der Waals surface area contributed by atoms with E-state index in [0.29, 0.717) is 12.0 Å². The largest absolute Gasteiger partial charge is 0.392 e. The van der Waals surface area contributed by atoms with Gasteiger partial charge in [0.15, 0.2) is 0 Å². The summed E-state index contributed by atoms with van der Waals surface area (Å²) in [5.74, 6) is 0. The fourth-order valence-corrected chi connectivity index (χ4v) is 3.43. The van der Waals surface area contributed by atoms with Gasteiger partial charge in [0.2, 0.25) is 10.0 Å². The Morgan fingerprint density at radius 3 is 2.50 bits per heavy atom. The molecule has 6 heteroatoms. The smallest absolute Gasteiger partial charge is 0.240 e. The molecule has 0 saturated heterocycles. The highest BCUT2D eigenvalue weighted by Crippen LogP contribution is 2.42. The maximum absolute atomic E-state index is 11.9. The third-order valence-electron chi connectivity index (χ3n) is 4.30. The van der Waals surface area contributed by atoms with E-state index in [1.165, 1.54) is 7.05 Å². The molecule has 1 aromatic rings. The van der Waals surface area contributed by atoms with Crippen LogP contribution in [0.15, 0.2) is 23.1 Å². The second kappa shape index (κ2) is 5.02. The van der Waals surface area contributed by atoms with Gasteiger partial charge in [0.25, 0.3) is 0 Å². The molecule has 1 aliphatic rings. The number of aliphatic hydroxyl groups excluding tert-OH is 1. The van der Waals surface area contributed by atoms with Crippen molar-refractivity contribution in [1.82, 2.24) is 4.72 Å². The topological polar surface area (TPSA) is 78.4 Å². The lowest BCUT2D eigenvalue weighted by Gasteiger charge is -2.49. The fraction of sp³-hybridized carbons (Fsp3) is 0.571. The van der Waals surface area contributed by atoms with Crippen molar-refractivity contribution in [2.75, 3.05) is 12.4 Å². The van der Waals surface area contributed by atoms with Crippen LogP contribution in [-0.4, -0.2) is 32.7 Å². The van der Waals surface area contributed by atoms with Gasteiger partial charge in [-0.2, -0.15) is 0 Å². The molecule has 20 heavy (non-hydrogen) atoms. The lowest BCUT2D eigenvalue weighted by molar-refractivity contribution is -0.0510. The van der Waals surface area contributed by atoms with Gasteiger partial charge >= 0.3 is 0 Å². The van der Waals surface area contributed by atoms with E-state index >= 15 is 0 Å². The van der Waals surface area contributed by atoms with Crippen molar-refractivity contribution in [3.05, 3.63) is 23.8 Å². The van der Waals surface area contributed by atoms with Crippen LogP contribution in [0.5, 0.6) is 0 Å². The van der Waals surface area contributed by atoms with Gasteiger partial charge in [0, 0.05) is 17.1 Å². The van der Waals surface area contributed by atoms with Gasteiger partial charge in [-0.15, -0.1) is 0 Å². The first kappa shape index (κ1) is 15.3. The van der Waals surface area contributed by atoms with Crippen LogP contribution in [0.25, 0.3) is 0 Å². The Kier molecular flexibility index (Phi) is 3.83. The van der Waals surface area contributed by atoms with Crippen LogP contribution in [0.4, 0.5) is 5.69 Å². The summed E-state index contributed by atoms with van der Waals surface area (Å²) >= 11 is 0. The predicted octanol–water partition coefficient (Wildman–Crippen LogP) is 1.47. The van der Waals surface area contributed by atoms with E-state index in [1.54, 1.807) is 19.1 Å². The number of benzene rings is 1. The minimum atomic E-state index is -3.45. The lowest BCUT2D eigenvalue weighted by Crippen LogP contribution is -2.56. The first-order valence-corrected chi connectivity index (χ1v) is 8.15. The number of nitrogens with one attached hydrogen (secondary N) is 2. The second-order valence-electron chi connectivity index (χ2n) is 5.96. The monoisotopic (exact) mass is 298 g/mol. The summed E-state index contributed by atoms with van der Waals surface area (Å²) in [7, 11) is -2.05. The molecule has 2 atom stereocenters. The lowest BCUT2D eigenvalue weighted by atomic mass is 9.64. The molecular weight excluding hydrogens is 276 g/mol. The van der Waals surface area contributed by atoms with Crippen LogP contribution in [0.2, 0.25) is 0 Å². The van der Waals surface area contributed by atoms with E-state index in [1.807, 2.05) is 19.9 Å². The molecular formula is C14H22N2O3S. The number of anilines is 1. The number of hydrogen-bond donors (Lipinski definition) is 3. The summed E-state index contributed by atoms with van der Waals surface area (Å²) in [5.41, 5.74) is 1.26. The first-order chi connectivity index (χ1) is 9.18. The number of aliphatic hydroxyl groups is 1. The van der Waals surface area contributed by atoms with Gasteiger partial charge in [-0.3, -0.25) is 0 Å². The minimum Gasteiger partial charge on any atom is -0.392 e. The maximum Gasteiger partial charge on any atom is 0.240 e. The SMILES string of the molecule is CNS(=O)(=O)c1cc(NC2CC(O)C2(C)C)ccc1C. The van der Waals surface area contributed by atoms with Crippen molar-refractivity contribution in [3.63, 3.8) is 0 Å². The highest BCUT2D eigenvalue weighted by molar-refractivity contribution is 7.89. The molecule has 3 N–H and O–H groups in total. The molecule has 2 rings (SSSR count). The van der Waals surface area contributed by atoms with Crippen molar-refractivity contribution in [2.45, 2.75) is 44.2 Å². The van der Waals surface area contributed by atoms with E-state index in [0.717, 1.165) is 5.69 Å². The third-order valence-corrected chi connectivity index (χ3v) is 5.86. The highest BCUT2D eigenvalue weighted by atomic mass is 32.2. The summed E-state index contributed by atoms with van der Waals surface area (Å²) in [6, 6.07) is 5.44. The molecule has 1 aliphatic carbocycles. The van der Waals surface area contributed by atoms with Gasteiger partial charge in [0.1, 0.15) is 0 Å². The fourth-order valence-electron chi connectivity index (χ4n) is 2.44. The number of aryl methyl sites for hydroxylation is 1. The molecule has 0 heterocycles. The zero-order valence-corrected chi connectivity index (χ0v) is 13.1. The quantitative estimate of drug-likeness (QED) is 0.786. The molecule has 1 fully saturated rings. The summed E-state index contributed by atoms with van der Waals surface area (Å²) in [6.45, 7) is 5.77. The van der Waals surface area contributed by atoms with Gasteiger partial charge in [-0.1, -0.05) is 19.9 Å². The van der Waals surface area contributed by atoms with Crippen LogP contribution in [0.3, 0.4) is 0 Å². The van der Waals surface area contributed by atoms with Gasteiger partial charge in [-0.05, 0) is 38.1 Å². The Morgan fingerprint density at radius 1 is 1.35 bits per heavy atom. The number of hydrogen-bond acceptors (Lipinski definition) is 4. The predicted molar refractivity (Wildman–Crippen MR) is 79.2 cm³/mol. The minimum absolute atomic E-state index is 0.144. The Bertz CT molecular complexity index is 611. The molecule has 5 nitrogen and oxygen atoms in total. The molecule has 0 spiro atoms. The standard InChI is InChI=1S/C14H22N2O3S/c1-9-5-6-10(7-11(9)20(18,19)15-4)16-12-8-13(17)14(12,2)3/h5-7,12-13,15-17H,8H2,1-4H3. The highest BCUT2D eigenvalue weighted by Gasteiger charge is 2.47. The first-order valence-electron chi connectivity index (χ1n) is 6.67. The van der Waals surface area contributed by atoms with Crippen molar-refractivity contribution < 1.29 is 13.5 Å². The molecule has 0 radical (unpaired) electrons. The summed E-state index contributed by atoms with van der Waals surface area (Å²) in [4.78, 5) is 0.280. The number of sulfonamides is 1. The van der Waals surface area contributed by atoms with Gasteiger partial charge < -0.3 is 10.4 Å². The second-order valence-corrected chi connectivity index (χ2v) is 7.81. The Balaban J connectivity index is 2.26. The van der Waals surface area contributed by atoms with Gasteiger partial charge in [0.05, 0.1) is 11.0 Å². The number of rotatable bonds is 4. The van der Waals surface area contributed by atoms with Crippen molar-refractivity contribution in [1.29, 1.82) is 0 Å². The molecule has 2 unspecified atom stereocenters. The molecule has 0 aromatic heterocycles.